The lowest BCUT2D eigenvalue weighted by molar-refractivity contribution is -0.160. The monoisotopic (exact) mass is 315 g/mol. The van der Waals surface area contributed by atoms with E-state index in [1.165, 1.54) is 12.7 Å². The van der Waals surface area contributed by atoms with E-state index in [9.17, 15) is 9.59 Å². The summed E-state index contributed by atoms with van der Waals surface area (Å²) in [4.78, 5) is 23.8. The second-order valence-electron chi connectivity index (χ2n) is 7.16. The lowest BCUT2D eigenvalue weighted by atomic mass is 9.52. The maximum Gasteiger partial charge on any atom is 0.419 e. The molecule has 0 N–H and O–H groups in total. The highest BCUT2D eigenvalue weighted by Gasteiger charge is 2.53. The number of fused-ring (bicyclic) bond motifs is 4. The van der Waals surface area contributed by atoms with Gasteiger partial charge in [0.2, 0.25) is 0 Å². The second kappa shape index (κ2) is 4.73. The third-order valence-electron chi connectivity index (χ3n) is 6.27. The van der Waals surface area contributed by atoms with Gasteiger partial charge in [0.1, 0.15) is 0 Å². The number of benzene rings is 1. The van der Waals surface area contributed by atoms with Gasteiger partial charge >= 0.3 is 11.7 Å². The molecule has 0 saturated heterocycles. The molecule has 0 aliphatic heterocycles. The predicted octanol–water partition coefficient (Wildman–Crippen LogP) is 2.90. The molecular formula is C18H21NO4. The molecule has 3 aliphatic rings. The number of hydrogen-bond acceptors (Lipinski definition) is 4. The topological polar surface area (TPSA) is 61.4 Å². The summed E-state index contributed by atoms with van der Waals surface area (Å²) in [6.45, 7) is 0. The summed E-state index contributed by atoms with van der Waals surface area (Å²) in [6, 6.07) is 6.08. The van der Waals surface area contributed by atoms with Crippen LogP contribution in [0.5, 0.6) is 0 Å². The second-order valence-corrected chi connectivity index (χ2v) is 7.16. The van der Waals surface area contributed by atoms with Gasteiger partial charge in [-0.15, -0.1) is 0 Å². The molecule has 0 amide bonds. The Bertz CT molecular complexity index is 820. The van der Waals surface area contributed by atoms with E-state index < -0.39 is 0 Å². The van der Waals surface area contributed by atoms with Crippen molar-refractivity contribution in [2.24, 2.45) is 12.5 Å². The van der Waals surface area contributed by atoms with Crippen molar-refractivity contribution in [3.63, 3.8) is 0 Å². The van der Waals surface area contributed by atoms with Crippen LogP contribution in [0.3, 0.4) is 0 Å². The number of aromatic nitrogens is 1. The molecule has 5 heteroatoms. The first-order valence-corrected chi connectivity index (χ1v) is 8.18. The maximum atomic E-state index is 12.1. The van der Waals surface area contributed by atoms with Crippen molar-refractivity contribution in [2.45, 2.75) is 43.9 Å². The number of carbonyl (C=O) groups excluding carboxylic acids is 1. The van der Waals surface area contributed by atoms with Crippen LogP contribution in [-0.2, 0) is 22.0 Å². The van der Waals surface area contributed by atoms with Crippen LogP contribution in [-0.4, -0.2) is 17.6 Å². The summed E-state index contributed by atoms with van der Waals surface area (Å²) in [6.07, 6.45) is 5.67. The lowest BCUT2D eigenvalue weighted by Gasteiger charge is -2.52. The van der Waals surface area contributed by atoms with Crippen LogP contribution in [0, 0.1) is 5.41 Å². The van der Waals surface area contributed by atoms with Crippen molar-refractivity contribution in [3.05, 3.63) is 34.3 Å². The van der Waals surface area contributed by atoms with Gasteiger partial charge in [0.05, 0.1) is 18.0 Å². The zero-order valence-electron chi connectivity index (χ0n) is 13.6. The Morgan fingerprint density at radius 2 is 1.83 bits per heavy atom. The fraction of sp³-hybridized carbons (Fsp3) is 0.556. The van der Waals surface area contributed by atoms with E-state index in [0.29, 0.717) is 5.58 Å². The van der Waals surface area contributed by atoms with E-state index in [1.807, 2.05) is 6.07 Å². The number of methoxy groups -OCH3 is 1. The van der Waals surface area contributed by atoms with Crippen LogP contribution in [0.2, 0.25) is 0 Å². The first kappa shape index (κ1) is 14.5. The number of rotatable bonds is 2. The molecule has 5 rings (SSSR count). The Hall–Kier alpha value is -2.04. The van der Waals surface area contributed by atoms with E-state index >= 15 is 0 Å². The van der Waals surface area contributed by atoms with E-state index in [1.54, 1.807) is 11.6 Å². The molecule has 1 aromatic heterocycles. The molecule has 1 aromatic carbocycles. The Kier molecular flexibility index (Phi) is 2.99. The van der Waals surface area contributed by atoms with Gasteiger partial charge in [-0.2, -0.15) is 0 Å². The molecule has 5 nitrogen and oxygen atoms in total. The van der Waals surface area contributed by atoms with Crippen LogP contribution >= 0.6 is 0 Å². The molecule has 2 aromatic rings. The summed E-state index contributed by atoms with van der Waals surface area (Å²) in [5.74, 6) is -0.370. The van der Waals surface area contributed by atoms with E-state index in [-0.39, 0.29) is 22.6 Å². The van der Waals surface area contributed by atoms with Crippen molar-refractivity contribution < 1.29 is 13.9 Å². The Morgan fingerprint density at radius 1 is 1.17 bits per heavy atom. The average Bonchev–Trinajstić information content (AvgIpc) is 2.89. The van der Waals surface area contributed by atoms with Crippen molar-refractivity contribution >= 4 is 17.1 Å². The zero-order chi connectivity index (χ0) is 16.2. The highest BCUT2D eigenvalue weighted by molar-refractivity contribution is 5.78. The summed E-state index contributed by atoms with van der Waals surface area (Å²) < 4.78 is 11.8. The number of nitrogens with zero attached hydrogens (tertiary/aromatic N) is 1. The molecule has 3 saturated carbocycles. The number of hydrogen-bond donors (Lipinski definition) is 0. The van der Waals surface area contributed by atoms with Gasteiger partial charge in [0, 0.05) is 7.05 Å². The van der Waals surface area contributed by atoms with Gasteiger partial charge in [-0.05, 0) is 61.6 Å². The van der Waals surface area contributed by atoms with Gasteiger partial charge in [0.25, 0.3) is 0 Å². The van der Waals surface area contributed by atoms with Gasteiger partial charge in [-0.1, -0.05) is 6.07 Å². The minimum Gasteiger partial charge on any atom is -0.469 e. The summed E-state index contributed by atoms with van der Waals surface area (Å²) >= 11 is 0. The quantitative estimate of drug-likeness (QED) is 0.800. The van der Waals surface area contributed by atoms with Gasteiger partial charge in [-0.25, -0.2) is 4.79 Å². The third kappa shape index (κ3) is 1.92. The number of aryl methyl sites for hydroxylation is 1. The minimum absolute atomic E-state index is 0.0431. The van der Waals surface area contributed by atoms with Gasteiger partial charge in [-0.3, -0.25) is 9.36 Å². The fourth-order valence-corrected chi connectivity index (χ4v) is 4.60. The highest BCUT2D eigenvalue weighted by Crippen LogP contribution is 2.58. The molecule has 1 heterocycles. The van der Waals surface area contributed by atoms with Crippen LogP contribution in [0.15, 0.2) is 27.4 Å². The number of oxazole rings is 1. The van der Waals surface area contributed by atoms with Crippen molar-refractivity contribution in [1.82, 2.24) is 4.57 Å². The predicted molar refractivity (Wildman–Crippen MR) is 85.3 cm³/mol. The van der Waals surface area contributed by atoms with Crippen molar-refractivity contribution in [3.8, 4) is 0 Å². The molecule has 3 aliphatic carbocycles. The molecule has 0 radical (unpaired) electrons. The summed E-state index contributed by atoms with van der Waals surface area (Å²) in [5.41, 5.74) is 2.60. The molecule has 2 bridgehead atoms. The van der Waals surface area contributed by atoms with Gasteiger partial charge in [0.15, 0.2) is 5.58 Å². The van der Waals surface area contributed by atoms with Crippen LogP contribution in [0.4, 0.5) is 0 Å². The fourth-order valence-electron chi connectivity index (χ4n) is 4.60. The minimum atomic E-state index is -0.327. The number of ether oxygens (including phenoxy) is 1. The Morgan fingerprint density at radius 3 is 2.43 bits per heavy atom. The van der Waals surface area contributed by atoms with E-state index in [0.717, 1.165) is 44.0 Å². The Labute approximate surface area is 134 Å². The van der Waals surface area contributed by atoms with Crippen LogP contribution in [0.25, 0.3) is 11.1 Å². The van der Waals surface area contributed by atoms with Crippen LogP contribution < -0.4 is 5.76 Å². The molecule has 3 fully saturated rings. The molecular weight excluding hydrogens is 294 g/mol. The largest absolute Gasteiger partial charge is 0.469 e. The maximum absolute atomic E-state index is 12.1. The lowest BCUT2D eigenvalue weighted by Crippen LogP contribution is -2.48. The van der Waals surface area contributed by atoms with Crippen molar-refractivity contribution in [2.75, 3.05) is 7.11 Å². The first-order valence-electron chi connectivity index (χ1n) is 8.18. The molecule has 0 atom stereocenters. The van der Waals surface area contributed by atoms with Gasteiger partial charge < -0.3 is 9.15 Å². The van der Waals surface area contributed by atoms with E-state index in [4.69, 9.17) is 9.15 Å². The molecule has 23 heavy (non-hydrogen) atoms. The molecule has 122 valence electrons. The summed E-state index contributed by atoms with van der Waals surface area (Å²) in [5, 5.41) is 0. The number of carbonyl (C=O) groups is 1. The third-order valence-corrected chi connectivity index (χ3v) is 6.27. The molecule has 0 unspecified atom stereocenters. The average molecular weight is 315 g/mol. The Balaban J connectivity index is 1.71. The smallest absolute Gasteiger partial charge is 0.419 e. The van der Waals surface area contributed by atoms with Crippen LogP contribution in [0.1, 0.15) is 44.1 Å². The van der Waals surface area contributed by atoms with Crippen molar-refractivity contribution in [1.29, 1.82) is 0 Å². The SMILES string of the molecule is COC(=O)C12CCC(c3ccc4oc(=O)n(C)c4c3)(CC1)CC2. The first-order chi connectivity index (χ1) is 11.0. The normalized spacial score (nSPS) is 29.8. The number of esters is 1. The highest BCUT2D eigenvalue weighted by atomic mass is 16.5. The molecule has 0 spiro atoms. The zero-order valence-corrected chi connectivity index (χ0v) is 13.6. The van der Waals surface area contributed by atoms with E-state index in [2.05, 4.69) is 12.1 Å². The standard InChI is InChI=1S/C18H21NO4/c1-19-13-11-12(3-4-14(13)23-16(19)21)17-5-8-18(9-6-17,10-7-17)15(20)22-2/h3-4,11H,5-10H2,1-2H3. The summed E-state index contributed by atoms with van der Waals surface area (Å²) in [7, 11) is 3.22.